The smallest absolute Gasteiger partial charge is 0.331 e. The Morgan fingerprint density at radius 2 is 2.04 bits per heavy atom. The largest absolute Gasteiger partial charge is 0.452 e. The van der Waals surface area contributed by atoms with Crippen molar-refractivity contribution in [2.75, 3.05) is 6.61 Å². The molecule has 2 aromatic rings. The van der Waals surface area contributed by atoms with Crippen molar-refractivity contribution in [1.82, 2.24) is 15.1 Å². The number of carbonyl (C=O) groups excluding carboxylic acids is 2. The van der Waals surface area contributed by atoms with E-state index in [0.717, 1.165) is 22.5 Å². The van der Waals surface area contributed by atoms with E-state index in [-0.39, 0.29) is 12.6 Å². The molecule has 1 aromatic carbocycles. The van der Waals surface area contributed by atoms with Gasteiger partial charge in [0.2, 0.25) is 0 Å². The summed E-state index contributed by atoms with van der Waals surface area (Å²) in [5.41, 5.74) is 3.32. The lowest BCUT2D eigenvalue weighted by molar-refractivity contribution is -0.144. The van der Waals surface area contributed by atoms with Gasteiger partial charge >= 0.3 is 5.97 Å². The normalized spacial score (nSPS) is 12.2. The van der Waals surface area contributed by atoms with Gasteiger partial charge in [-0.05, 0) is 44.5 Å². The lowest BCUT2D eigenvalue weighted by Gasteiger charge is -2.15. The fourth-order valence-corrected chi connectivity index (χ4v) is 3.15. The lowest BCUT2D eigenvalue weighted by Crippen LogP contribution is -2.31. The Labute approximate surface area is 168 Å². The highest BCUT2D eigenvalue weighted by molar-refractivity contribution is 6.35. The average Bonchev–Trinajstić information content (AvgIpc) is 2.83. The Hall–Kier alpha value is -2.31. The van der Waals surface area contributed by atoms with Gasteiger partial charge in [-0.25, -0.2) is 4.79 Å². The molecular weight excluding hydrogens is 389 g/mol. The zero-order valence-electron chi connectivity index (χ0n) is 15.5. The van der Waals surface area contributed by atoms with Crippen molar-refractivity contribution in [3.8, 4) is 0 Å². The van der Waals surface area contributed by atoms with Crippen LogP contribution in [0.4, 0.5) is 0 Å². The number of amides is 1. The number of halogens is 2. The Kier molecular flexibility index (Phi) is 7.05. The highest BCUT2D eigenvalue weighted by Crippen LogP contribution is 2.26. The number of aryl methyl sites for hydroxylation is 2. The minimum Gasteiger partial charge on any atom is -0.452 e. The first kappa shape index (κ1) is 21.0. The van der Waals surface area contributed by atoms with Gasteiger partial charge in [0.15, 0.2) is 6.61 Å². The molecule has 0 aliphatic heterocycles. The van der Waals surface area contributed by atoms with E-state index in [9.17, 15) is 9.59 Å². The van der Waals surface area contributed by atoms with E-state index in [4.69, 9.17) is 27.9 Å². The van der Waals surface area contributed by atoms with E-state index in [0.29, 0.717) is 10.0 Å². The number of nitrogens with zero attached hydrogens (tertiary/aromatic N) is 2. The fraction of sp³-hybridized carbons (Fsp3) is 0.316. The second-order valence-corrected chi connectivity index (χ2v) is 6.95. The van der Waals surface area contributed by atoms with Crippen LogP contribution in [0.5, 0.6) is 0 Å². The van der Waals surface area contributed by atoms with Gasteiger partial charge in [0.1, 0.15) is 0 Å². The van der Waals surface area contributed by atoms with Crippen molar-refractivity contribution in [2.24, 2.45) is 7.05 Å². The van der Waals surface area contributed by atoms with Crippen molar-refractivity contribution < 1.29 is 14.3 Å². The Morgan fingerprint density at radius 3 is 2.63 bits per heavy atom. The van der Waals surface area contributed by atoms with Crippen LogP contribution >= 0.6 is 23.2 Å². The third-order valence-corrected chi connectivity index (χ3v) is 4.67. The molecule has 0 radical (unpaired) electrons. The van der Waals surface area contributed by atoms with E-state index < -0.39 is 11.9 Å². The van der Waals surface area contributed by atoms with Gasteiger partial charge in [-0.15, -0.1) is 0 Å². The summed E-state index contributed by atoms with van der Waals surface area (Å²) >= 11 is 12.0. The molecule has 0 unspecified atom stereocenters. The number of hydrogen-bond acceptors (Lipinski definition) is 4. The molecule has 0 saturated carbocycles. The maximum absolute atomic E-state index is 12.0. The van der Waals surface area contributed by atoms with Gasteiger partial charge in [-0.1, -0.05) is 29.3 Å². The predicted octanol–water partition coefficient (Wildman–Crippen LogP) is 3.78. The Balaban J connectivity index is 1.87. The van der Waals surface area contributed by atoms with E-state index in [1.807, 2.05) is 20.9 Å². The molecule has 1 heterocycles. The van der Waals surface area contributed by atoms with Crippen LogP contribution < -0.4 is 5.32 Å². The summed E-state index contributed by atoms with van der Waals surface area (Å²) in [6, 6.07) is 4.69. The number of esters is 1. The number of benzene rings is 1. The number of rotatable bonds is 6. The molecule has 1 atom stereocenters. The monoisotopic (exact) mass is 409 g/mol. The highest BCUT2D eigenvalue weighted by Gasteiger charge is 2.14. The molecule has 1 N–H and O–H groups in total. The molecule has 0 bridgehead atoms. The lowest BCUT2D eigenvalue weighted by atomic mass is 10.1. The SMILES string of the molecule is Cc1nn(C)c(C)c1/C=C/C(=O)OCC(=O)N[C@H](C)c1ccc(Cl)cc1Cl. The van der Waals surface area contributed by atoms with E-state index in [2.05, 4.69) is 10.4 Å². The first-order chi connectivity index (χ1) is 12.7. The third kappa shape index (κ3) is 5.58. The van der Waals surface area contributed by atoms with Crippen molar-refractivity contribution in [2.45, 2.75) is 26.8 Å². The second kappa shape index (κ2) is 9.06. The fourth-order valence-electron chi connectivity index (χ4n) is 2.58. The molecule has 8 heteroatoms. The van der Waals surface area contributed by atoms with Crippen molar-refractivity contribution in [3.63, 3.8) is 0 Å². The maximum atomic E-state index is 12.0. The van der Waals surface area contributed by atoms with Crippen LogP contribution in [0.2, 0.25) is 10.0 Å². The van der Waals surface area contributed by atoms with Crippen molar-refractivity contribution in [3.05, 3.63) is 56.8 Å². The van der Waals surface area contributed by atoms with Crippen LogP contribution in [0.3, 0.4) is 0 Å². The van der Waals surface area contributed by atoms with Crippen LogP contribution in [-0.4, -0.2) is 28.3 Å². The van der Waals surface area contributed by atoms with Gasteiger partial charge in [-0.3, -0.25) is 9.48 Å². The van der Waals surface area contributed by atoms with Gasteiger partial charge < -0.3 is 10.1 Å². The molecule has 6 nitrogen and oxygen atoms in total. The Bertz CT molecular complexity index is 891. The summed E-state index contributed by atoms with van der Waals surface area (Å²) in [7, 11) is 1.83. The summed E-state index contributed by atoms with van der Waals surface area (Å²) in [5.74, 6) is -1.03. The molecule has 0 aliphatic rings. The summed E-state index contributed by atoms with van der Waals surface area (Å²) in [4.78, 5) is 23.8. The van der Waals surface area contributed by atoms with Gasteiger partial charge in [-0.2, -0.15) is 5.10 Å². The van der Waals surface area contributed by atoms with E-state index >= 15 is 0 Å². The minimum atomic E-state index is -0.606. The molecule has 1 amide bonds. The van der Waals surface area contributed by atoms with Crippen molar-refractivity contribution in [1.29, 1.82) is 0 Å². The molecule has 0 saturated heterocycles. The molecular formula is C19H21Cl2N3O3. The molecule has 0 aliphatic carbocycles. The number of nitrogens with one attached hydrogen (secondary N) is 1. The molecule has 1 aromatic heterocycles. The highest BCUT2D eigenvalue weighted by atomic mass is 35.5. The first-order valence-electron chi connectivity index (χ1n) is 8.28. The zero-order valence-corrected chi connectivity index (χ0v) is 17.1. The van der Waals surface area contributed by atoms with Gasteiger partial charge in [0, 0.05) is 34.4 Å². The van der Waals surface area contributed by atoms with Crippen LogP contribution in [0, 0.1) is 13.8 Å². The number of aromatic nitrogens is 2. The molecule has 27 heavy (non-hydrogen) atoms. The Morgan fingerprint density at radius 1 is 1.33 bits per heavy atom. The number of ether oxygens (including phenoxy) is 1. The minimum absolute atomic E-state index is 0.350. The van der Waals surface area contributed by atoms with Crippen LogP contribution in [0.1, 0.15) is 35.5 Å². The predicted molar refractivity (Wildman–Crippen MR) is 106 cm³/mol. The summed E-state index contributed by atoms with van der Waals surface area (Å²) in [6.07, 6.45) is 2.91. The van der Waals surface area contributed by atoms with Crippen LogP contribution in [-0.2, 0) is 21.4 Å². The summed E-state index contributed by atoms with van der Waals surface area (Å²) in [5, 5.41) is 7.96. The van der Waals surface area contributed by atoms with Gasteiger partial charge in [0.05, 0.1) is 11.7 Å². The first-order valence-corrected chi connectivity index (χ1v) is 9.04. The molecule has 144 valence electrons. The maximum Gasteiger partial charge on any atom is 0.331 e. The van der Waals surface area contributed by atoms with Crippen LogP contribution in [0.25, 0.3) is 6.08 Å². The molecule has 0 spiro atoms. The zero-order chi connectivity index (χ0) is 20.1. The number of hydrogen-bond donors (Lipinski definition) is 1. The summed E-state index contributed by atoms with van der Waals surface area (Å²) < 4.78 is 6.71. The standard InChI is InChI=1S/C19H21Cl2N3O3/c1-11(16-6-5-14(20)9-17(16)21)22-18(25)10-27-19(26)8-7-15-12(2)23-24(4)13(15)3/h5-9,11H,10H2,1-4H3,(H,22,25)/b8-7+/t11-/m1/s1. The number of carbonyl (C=O) groups is 2. The van der Waals surface area contributed by atoms with E-state index in [1.165, 1.54) is 6.08 Å². The molecule has 2 rings (SSSR count). The van der Waals surface area contributed by atoms with Crippen LogP contribution in [0.15, 0.2) is 24.3 Å². The van der Waals surface area contributed by atoms with Gasteiger partial charge in [0.25, 0.3) is 5.91 Å². The quantitative estimate of drug-likeness (QED) is 0.581. The molecule has 0 fully saturated rings. The third-order valence-electron chi connectivity index (χ3n) is 4.10. The summed E-state index contributed by atoms with van der Waals surface area (Å²) in [6.45, 7) is 5.16. The van der Waals surface area contributed by atoms with Crippen molar-refractivity contribution >= 4 is 41.2 Å². The van der Waals surface area contributed by atoms with E-state index in [1.54, 1.807) is 35.9 Å². The average molecular weight is 410 g/mol. The topological polar surface area (TPSA) is 73.2 Å². The second-order valence-electron chi connectivity index (χ2n) is 6.10.